The lowest BCUT2D eigenvalue weighted by atomic mass is 10.2. The first-order chi connectivity index (χ1) is 8.56. The molecule has 0 unspecified atom stereocenters. The van der Waals surface area contributed by atoms with Crippen molar-refractivity contribution in [1.29, 1.82) is 0 Å². The molecule has 0 aliphatic rings. The van der Waals surface area contributed by atoms with Gasteiger partial charge in [-0.05, 0) is 31.3 Å². The average molecular weight is 265 g/mol. The van der Waals surface area contributed by atoms with Gasteiger partial charge in [-0.2, -0.15) is 5.48 Å². The molecule has 0 bridgehead atoms. The van der Waals surface area contributed by atoms with Crippen LogP contribution in [-0.4, -0.2) is 16.2 Å². The van der Waals surface area contributed by atoms with Gasteiger partial charge in [0.1, 0.15) is 0 Å². The van der Waals surface area contributed by atoms with Gasteiger partial charge in [0.25, 0.3) is 0 Å². The molecule has 0 radical (unpaired) electrons. The van der Waals surface area contributed by atoms with Gasteiger partial charge in [0.2, 0.25) is 5.11 Å². The molecule has 1 aromatic heterocycles. The number of aromatic nitrogens is 1. The van der Waals surface area contributed by atoms with Crippen molar-refractivity contribution in [3.8, 4) is 0 Å². The monoisotopic (exact) mass is 265 g/mol. The summed E-state index contributed by atoms with van der Waals surface area (Å²) in [6.07, 6.45) is 0. The van der Waals surface area contributed by atoms with Gasteiger partial charge in [0.15, 0.2) is 11.4 Å². The molecule has 2 rings (SSSR count). The van der Waals surface area contributed by atoms with Crippen molar-refractivity contribution in [2.24, 2.45) is 0 Å². The molecule has 0 spiro atoms. The lowest BCUT2D eigenvalue weighted by Crippen LogP contribution is -2.30. The number of nitrogens with one attached hydrogen (secondary N) is 2. The molecule has 7 heteroatoms. The largest absolute Gasteiger partial charge is 0.354 e. The van der Waals surface area contributed by atoms with Gasteiger partial charge in [-0.15, -0.1) is 0 Å². The van der Waals surface area contributed by atoms with Crippen LogP contribution in [-0.2, 0) is 9.63 Å². The number of anilines is 1. The Balaban J connectivity index is 2.14. The summed E-state index contributed by atoms with van der Waals surface area (Å²) in [5.74, 6) is -0.0154. The van der Waals surface area contributed by atoms with E-state index < -0.39 is 5.97 Å². The van der Waals surface area contributed by atoms with Gasteiger partial charge in [0.05, 0.1) is 5.39 Å². The Bertz CT molecular complexity index is 609. The molecule has 6 nitrogen and oxygen atoms in total. The number of rotatable bonds is 1. The van der Waals surface area contributed by atoms with Crippen molar-refractivity contribution in [3.63, 3.8) is 0 Å². The van der Waals surface area contributed by atoms with Crippen LogP contribution in [0.3, 0.4) is 0 Å². The number of aryl methyl sites for hydroxylation is 1. The summed E-state index contributed by atoms with van der Waals surface area (Å²) in [6, 6.07) is 5.67. The number of hydrogen-bond donors (Lipinski definition) is 2. The zero-order valence-corrected chi connectivity index (χ0v) is 10.6. The molecule has 1 aromatic carbocycles. The van der Waals surface area contributed by atoms with Gasteiger partial charge in [0, 0.05) is 6.92 Å². The summed E-state index contributed by atoms with van der Waals surface area (Å²) in [5.41, 5.74) is 4.02. The zero-order chi connectivity index (χ0) is 13.1. The molecule has 2 N–H and O–H groups in total. The van der Waals surface area contributed by atoms with Crippen molar-refractivity contribution in [1.82, 2.24) is 10.6 Å². The highest BCUT2D eigenvalue weighted by molar-refractivity contribution is 7.80. The Labute approximate surface area is 108 Å². The number of carbonyl (C=O) groups is 1. The maximum Gasteiger partial charge on any atom is 0.329 e. The van der Waals surface area contributed by atoms with Crippen molar-refractivity contribution < 1.29 is 14.2 Å². The topological polar surface area (TPSA) is 76.4 Å². The molecular formula is C11H11N3O3S. The molecule has 0 atom stereocenters. The summed E-state index contributed by atoms with van der Waals surface area (Å²) < 4.78 is 5.12. The fraction of sp³-hybridized carbons (Fsp3) is 0.182. The predicted octanol–water partition coefficient (Wildman–Crippen LogP) is 1.90. The van der Waals surface area contributed by atoms with E-state index in [1.165, 1.54) is 6.92 Å². The summed E-state index contributed by atoms with van der Waals surface area (Å²) in [6.45, 7) is 3.23. The second-order valence-corrected chi connectivity index (χ2v) is 4.09. The summed E-state index contributed by atoms with van der Waals surface area (Å²) in [5, 5.41) is 7.57. The number of thiocarbonyl (C=S) groups is 1. The molecule has 2 aromatic rings. The summed E-state index contributed by atoms with van der Waals surface area (Å²) in [4.78, 5) is 15.1. The molecule has 0 aliphatic carbocycles. The third-order valence-electron chi connectivity index (χ3n) is 2.14. The standard InChI is InChI=1S/C11H11N3O3S/c1-6-3-4-9-8(5-6)10(13-17-9)12-11(18)14-16-7(2)15/h3-5H,1-2H3,(H2,12,13,14,18). The molecule has 94 valence electrons. The Kier molecular flexibility index (Phi) is 3.42. The number of nitrogens with zero attached hydrogens (tertiary/aromatic N) is 1. The van der Waals surface area contributed by atoms with Crippen molar-refractivity contribution in [2.45, 2.75) is 13.8 Å². The SMILES string of the molecule is CC(=O)ONC(=S)Nc1noc2ccc(C)cc12. The lowest BCUT2D eigenvalue weighted by Gasteiger charge is -2.06. The highest BCUT2D eigenvalue weighted by Crippen LogP contribution is 2.23. The summed E-state index contributed by atoms with van der Waals surface area (Å²) in [7, 11) is 0. The Morgan fingerprint density at radius 2 is 2.28 bits per heavy atom. The van der Waals surface area contributed by atoms with Gasteiger partial charge < -0.3 is 14.7 Å². The van der Waals surface area contributed by atoms with E-state index in [0.717, 1.165) is 10.9 Å². The van der Waals surface area contributed by atoms with E-state index in [0.29, 0.717) is 11.4 Å². The van der Waals surface area contributed by atoms with E-state index in [-0.39, 0.29) is 5.11 Å². The number of hydroxylamine groups is 1. The van der Waals surface area contributed by atoms with E-state index in [1.54, 1.807) is 0 Å². The average Bonchev–Trinajstić information content (AvgIpc) is 2.69. The first-order valence-electron chi connectivity index (χ1n) is 5.16. The first kappa shape index (κ1) is 12.3. The third-order valence-corrected chi connectivity index (χ3v) is 2.33. The van der Waals surface area contributed by atoms with Gasteiger partial charge >= 0.3 is 5.97 Å². The fourth-order valence-corrected chi connectivity index (χ4v) is 1.53. The number of carbonyl (C=O) groups excluding carboxylic acids is 1. The second kappa shape index (κ2) is 5.01. The number of benzene rings is 1. The van der Waals surface area contributed by atoms with Crippen LogP contribution >= 0.6 is 12.2 Å². The molecule has 0 fully saturated rings. The van der Waals surface area contributed by atoms with Crippen LogP contribution in [0.5, 0.6) is 0 Å². The lowest BCUT2D eigenvalue weighted by molar-refractivity contribution is -0.144. The van der Waals surface area contributed by atoms with Crippen LogP contribution in [0.15, 0.2) is 22.7 Å². The van der Waals surface area contributed by atoms with Crippen LogP contribution in [0.4, 0.5) is 5.82 Å². The predicted molar refractivity (Wildman–Crippen MR) is 69.9 cm³/mol. The van der Waals surface area contributed by atoms with Gasteiger partial charge in [-0.25, -0.2) is 0 Å². The quantitative estimate of drug-likeness (QED) is 0.602. The van der Waals surface area contributed by atoms with Crippen molar-refractivity contribution >= 4 is 40.1 Å². The van der Waals surface area contributed by atoms with E-state index in [1.807, 2.05) is 25.1 Å². The van der Waals surface area contributed by atoms with Crippen molar-refractivity contribution in [2.75, 3.05) is 5.32 Å². The molecule has 0 aliphatic heterocycles. The number of hydrogen-bond acceptors (Lipinski definition) is 5. The Morgan fingerprint density at radius 1 is 1.50 bits per heavy atom. The molecule has 18 heavy (non-hydrogen) atoms. The second-order valence-electron chi connectivity index (χ2n) is 3.68. The van der Waals surface area contributed by atoms with E-state index in [9.17, 15) is 4.79 Å². The zero-order valence-electron chi connectivity index (χ0n) is 9.81. The van der Waals surface area contributed by atoms with Gasteiger partial charge in [-0.3, -0.25) is 4.79 Å². The maximum atomic E-state index is 10.6. The molecule has 0 saturated heterocycles. The normalized spacial score (nSPS) is 10.1. The Hall–Kier alpha value is -2.15. The highest BCUT2D eigenvalue weighted by Gasteiger charge is 2.09. The van der Waals surface area contributed by atoms with Crippen LogP contribution < -0.4 is 10.8 Å². The van der Waals surface area contributed by atoms with Crippen LogP contribution in [0.25, 0.3) is 11.0 Å². The molecule has 1 heterocycles. The van der Waals surface area contributed by atoms with Crippen LogP contribution in [0.1, 0.15) is 12.5 Å². The van der Waals surface area contributed by atoms with E-state index >= 15 is 0 Å². The van der Waals surface area contributed by atoms with Crippen LogP contribution in [0, 0.1) is 6.92 Å². The molecular weight excluding hydrogens is 254 g/mol. The minimum Gasteiger partial charge on any atom is -0.354 e. The number of fused-ring (bicyclic) bond motifs is 1. The van der Waals surface area contributed by atoms with Crippen molar-refractivity contribution in [3.05, 3.63) is 23.8 Å². The maximum absolute atomic E-state index is 10.6. The highest BCUT2D eigenvalue weighted by atomic mass is 32.1. The van der Waals surface area contributed by atoms with E-state index in [2.05, 4.69) is 20.8 Å². The first-order valence-corrected chi connectivity index (χ1v) is 5.57. The Morgan fingerprint density at radius 3 is 3.00 bits per heavy atom. The summed E-state index contributed by atoms with van der Waals surface area (Å²) >= 11 is 4.94. The van der Waals surface area contributed by atoms with Crippen LogP contribution in [0.2, 0.25) is 0 Å². The minimum absolute atomic E-state index is 0.127. The molecule has 0 saturated carbocycles. The van der Waals surface area contributed by atoms with Gasteiger partial charge in [-0.1, -0.05) is 16.8 Å². The fourth-order valence-electron chi connectivity index (χ4n) is 1.39. The van der Waals surface area contributed by atoms with E-state index in [4.69, 9.17) is 16.7 Å². The smallest absolute Gasteiger partial charge is 0.329 e. The molecule has 0 amide bonds. The minimum atomic E-state index is -0.486. The third kappa shape index (κ3) is 2.75.